The Hall–Kier alpha value is -1.78. The van der Waals surface area contributed by atoms with Gasteiger partial charge in [0, 0.05) is 0 Å². The molecule has 0 aromatic heterocycles. The summed E-state index contributed by atoms with van der Waals surface area (Å²) in [6, 6.07) is 9.47. The molecule has 3 rings (SSSR count). The number of hydrogen-bond donors (Lipinski definition) is 1. The van der Waals surface area contributed by atoms with E-state index in [-0.39, 0.29) is 20.6 Å². The number of anilines is 1. The Balaban J connectivity index is 1.91. The summed E-state index contributed by atoms with van der Waals surface area (Å²) in [4.78, 5) is 0. The third-order valence-corrected chi connectivity index (χ3v) is 4.24. The normalized spacial score (nSPS) is 13.8. The molecule has 0 saturated carbocycles. The van der Waals surface area contributed by atoms with Gasteiger partial charge in [-0.15, -0.1) is 0 Å². The Morgan fingerprint density at radius 1 is 1.10 bits per heavy atom. The predicted molar refractivity (Wildman–Crippen MR) is 74.8 cm³/mol. The standard InChI is InChI=1S/C14H11F2N3Se/c1-8(9-4-2-5-10(15)13(9)16)17-11-6-3-7-12-14(11)19-20-18-12/h2-8,17H,1H3. The van der Waals surface area contributed by atoms with Crippen LogP contribution in [0.2, 0.25) is 0 Å². The molecule has 0 aliphatic carbocycles. The summed E-state index contributed by atoms with van der Waals surface area (Å²) in [5.41, 5.74) is 2.74. The van der Waals surface area contributed by atoms with Crippen molar-refractivity contribution in [2.75, 3.05) is 5.32 Å². The van der Waals surface area contributed by atoms with E-state index in [2.05, 4.69) is 13.2 Å². The number of nitrogens with zero attached hydrogens (tertiary/aromatic N) is 2. The van der Waals surface area contributed by atoms with E-state index < -0.39 is 11.6 Å². The molecule has 1 aliphatic heterocycles. The third kappa shape index (κ3) is 2.32. The summed E-state index contributed by atoms with van der Waals surface area (Å²) in [7, 11) is 0. The molecule has 102 valence electrons. The number of benzene rings is 2. The monoisotopic (exact) mass is 339 g/mol. The SMILES string of the molecule is CC(Nc1cccc2c1N=[Se]=N2)c1cccc(F)c1F. The quantitative estimate of drug-likeness (QED) is 0.702. The fourth-order valence-electron chi connectivity index (χ4n) is 2.09. The van der Waals surface area contributed by atoms with Crippen LogP contribution >= 0.6 is 0 Å². The van der Waals surface area contributed by atoms with Crippen molar-refractivity contribution in [2.24, 2.45) is 7.92 Å². The van der Waals surface area contributed by atoms with Gasteiger partial charge in [0.25, 0.3) is 0 Å². The van der Waals surface area contributed by atoms with Crippen LogP contribution in [0.4, 0.5) is 25.8 Å². The summed E-state index contributed by atoms with van der Waals surface area (Å²) in [6.07, 6.45) is 0. The van der Waals surface area contributed by atoms with Crippen LogP contribution in [0.25, 0.3) is 0 Å². The van der Waals surface area contributed by atoms with Crippen molar-refractivity contribution in [3.05, 3.63) is 53.6 Å². The van der Waals surface area contributed by atoms with E-state index in [9.17, 15) is 8.78 Å². The molecule has 0 saturated heterocycles. The molecule has 2 aromatic rings. The predicted octanol–water partition coefficient (Wildman–Crippen LogP) is 4.49. The molecule has 1 aliphatic rings. The summed E-state index contributed by atoms with van der Waals surface area (Å²) in [5, 5.41) is 3.18. The van der Waals surface area contributed by atoms with Crippen LogP contribution in [0.5, 0.6) is 0 Å². The molecular formula is C14H11F2N3Se. The fourth-order valence-corrected chi connectivity index (χ4v) is 3.24. The number of hydrogen-bond acceptors (Lipinski definition) is 3. The maximum absolute atomic E-state index is 13.8. The van der Waals surface area contributed by atoms with E-state index in [1.807, 2.05) is 18.2 Å². The van der Waals surface area contributed by atoms with Gasteiger partial charge in [0.1, 0.15) is 0 Å². The van der Waals surface area contributed by atoms with Crippen molar-refractivity contribution < 1.29 is 8.78 Å². The zero-order chi connectivity index (χ0) is 14.1. The Labute approximate surface area is 120 Å². The van der Waals surface area contributed by atoms with Gasteiger partial charge in [-0.25, -0.2) is 0 Å². The molecule has 20 heavy (non-hydrogen) atoms. The molecular weight excluding hydrogens is 327 g/mol. The Kier molecular flexibility index (Phi) is 3.51. The van der Waals surface area contributed by atoms with Crippen LogP contribution in [-0.4, -0.2) is 14.6 Å². The molecule has 1 heterocycles. The molecule has 0 radical (unpaired) electrons. The van der Waals surface area contributed by atoms with E-state index in [0.29, 0.717) is 5.56 Å². The second-order valence-corrected chi connectivity index (χ2v) is 5.56. The second kappa shape index (κ2) is 5.31. The summed E-state index contributed by atoms with van der Waals surface area (Å²) >= 11 is -0.118. The van der Waals surface area contributed by atoms with E-state index in [0.717, 1.165) is 23.1 Å². The molecule has 1 unspecified atom stereocenters. The average Bonchev–Trinajstić information content (AvgIpc) is 2.91. The topological polar surface area (TPSA) is 36.8 Å². The maximum atomic E-state index is 13.8. The Morgan fingerprint density at radius 3 is 2.75 bits per heavy atom. The van der Waals surface area contributed by atoms with Crippen LogP contribution in [0.1, 0.15) is 18.5 Å². The Bertz CT molecular complexity index is 739. The molecule has 6 heteroatoms. The third-order valence-electron chi connectivity index (χ3n) is 3.11. The molecule has 2 aromatic carbocycles. The first-order valence-corrected chi connectivity index (χ1v) is 7.62. The molecule has 1 N–H and O–H groups in total. The van der Waals surface area contributed by atoms with E-state index in [1.54, 1.807) is 13.0 Å². The van der Waals surface area contributed by atoms with Gasteiger partial charge >= 0.3 is 120 Å². The number of halogens is 2. The van der Waals surface area contributed by atoms with Crippen molar-refractivity contribution in [1.82, 2.24) is 0 Å². The first-order chi connectivity index (χ1) is 9.66. The molecule has 0 spiro atoms. The fraction of sp³-hybridized carbons (Fsp3) is 0.143. The van der Waals surface area contributed by atoms with Gasteiger partial charge in [-0.2, -0.15) is 0 Å². The number of rotatable bonds is 3. The van der Waals surface area contributed by atoms with Gasteiger partial charge in [0.2, 0.25) is 0 Å². The summed E-state index contributed by atoms with van der Waals surface area (Å²) < 4.78 is 35.7. The zero-order valence-electron chi connectivity index (χ0n) is 10.6. The zero-order valence-corrected chi connectivity index (χ0v) is 12.3. The van der Waals surface area contributed by atoms with Crippen molar-refractivity contribution in [2.45, 2.75) is 13.0 Å². The minimum atomic E-state index is -0.836. The van der Waals surface area contributed by atoms with Gasteiger partial charge in [0.05, 0.1) is 0 Å². The van der Waals surface area contributed by atoms with Gasteiger partial charge in [-0.3, -0.25) is 0 Å². The average molecular weight is 338 g/mol. The van der Waals surface area contributed by atoms with Gasteiger partial charge < -0.3 is 0 Å². The minimum absolute atomic E-state index is 0.118. The van der Waals surface area contributed by atoms with Crippen molar-refractivity contribution >= 4 is 31.6 Å². The molecule has 1 atom stereocenters. The van der Waals surface area contributed by atoms with Crippen LogP contribution in [0, 0.1) is 11.6 Å². The van der Waals surface area contributed by atoms with Gasteiger partial charge in [-0.1, -0.05) is 0 Å². The molecule has 3 nitrogen and oxygen atoms in total. The Morgan fingerprint density at radius 2 is 1.90 bits per heavy atom. The molecule has 0 bridgehead atoms. The van der Waals surface area contributed by atoms with Crippen molar-refractivity contribution in [3.8, 4) is 0 Å². The van der Waals surface area contributed by atoms with Crippen molar-refractivity contribution in [3.63, 3.8) is 0 Å². The summed E-state index contributed by atoms with van der Waals surface area (Å²) in [5.74, 6) is -1.65. The summed E-state index contributed by atoms with van der Waals surface area (Å²) in [6.45, 7) is 1.79. The van der Waals surface area contributed by atoms with Crippen LogP contribution in [0.3, 0.4) is 0 Å². The van der Waals surface area contributed by atoms with E-state index >= 15 is 0 Å². The molecule has 0 fully saturated rings. The van der Waals surface area contributed by atoms with Gasteiger partial charge in [-0.05, 0) is 0 Å². The number of fused-ring (bicyclic) bond motifs is 1. The second-order valence-electron chi connectivity index (χ2n) is 4.45. The van der Waals surface area contributed by atoms with Crippen molar-refractivity contribution in [1.29, 1.82) is 0 Å². The molecule has 0 amide bonds. The van der Waals surface area contributed by atoms with E-state index in [1.165, 1.54) is 6.07 Å². The van der Waals surface area contributed by atoms with E-state index in [4.69, 9.17) is 0 Å². The first kappa shape index (κ1) is 13.2. The number of nitrogens with one attached hydrogen (secondary N) is 1. The van der Waals surface area contributed by atoms with Crippen LogP contribution < -0.4 is 5.32 Å². The van der Waals surface area contributed by atoms with Crippen LogP contribution in [0.15, 0.2) is 44.3 Å². The first-order valence-electron chi connectivity index (χ1n) is 6.08. The van der Waals surface area contributed by atoms with Gasteiger partial charge in [0.15, 0.2) is 0 Å². The van der Waals surface area contributed by atoms with Crippen LogP contribution in [-0.2, 0) is 0 Å².